The Morgan fingerprint density at radius 3 is 2.91 bits per heavy atom. The number of fused-ring (bicyclic) bond motifs is 3. The van der Waals surface area contributed by atoms with E-state index in [2.05, 4.69) is 28.4 Å². The van der Waals surface area contributed by atoms with Crippen LogP contribution in [0.4, 0.5) is 5.82 Å². The minimum absolute atomic E-state index is 0.597. The Bertz CT molecular complexity index is 669. The van der Waals surface area contributed by atoms with Crippen LogP contribution in [0.5, 0.6) is 5.75 Å². The third-order valence-electron chi connectivity index (χ3n) is 4.78. The Kier molecular flexibility index (Phi) is 3.47. The zero-order chi connectivity index (χ0) is 14.9. The maximum Gasteiger partial charge on any atom is 0.132 e. The van der Waals surface area contributed by atoms with E-state index in [-0.39, 0.29) is 0 Å². The highest BCUT2D eigenvalue weighted by Gasteiger charge is 2.30. The summed E-state index contributed by atoms with van der Waals surface area (Å²) >= 11 is 0. The van der Waals surface area contributed by atoms with Gasteiger partial charge < -0.3 is 15.0 Å². The molecule has 0 bridgehead atoms. The van der Waals surface area contributed by atoms with Crippen LogP contribution < -0.4 is 15.0 Å². The van der Waals surface area contributed by atoms with Crippen molar-refractivity contribution in [2.75, 3.05) is 31.6 Å². The Labute approximate surface area is 131 Å². The second kappa shape index (κ2) is 5.61. The Morgan fingerprint density at radius 1 is 1.23 bits per heavy atom. The molecule has 0 saturated carbocycles. The normalized spacial score (nSPS) is 20.2. The van der Waals surface area contributed by atoms with Crippen LogP contribution in [0.2, 0.25) is 0 Å². The first-order valence-electron chi connectivity index (χ1n) is 7.96. The van der Waals surface area contributed by atoms with Gasteiger partial charge in [-0.15, -0.1) is 0 Å². The average Bonchev–Trinajstić information content (AvgIpc) is 2.61. The number of methoxy groups -OCH3 is 1. The van der Waals surface area contributed by atoms with Crippen molar-refractivity contribution in [2.45, 2.75) is 18.9 Å². The van der Waals surface area contributed by atoms with Crippen molar-refractivity contribution < 1.29 is 4.74 Å². The number of ether oxygens (including phenoxy) is 1. The third kappa shape index (κ3) is 2.24. The highest BCUT2D eigenvalue weighted by molar-refractivity contribution is 5.73. The zero-order valence-electron chi connectivity index (χ0n) is 12.9. The Morgan fingerprint density at radius 2 is 2.09 bits per heavy atom. The lowest BCUT2D eigenvalue weighted by molar-refractivity contribution is 0.415. The Hall–Kier alpha value is -2.07. The van der Waals surface area contributed by atoms with Crippen LogP contribution in [0.3, 0.4) is 0 Å². The number of pyridine rings is 1. The van der Waals surface area contributed by atoms with E-state index in [9.17, 15) is 0 Å². The topological polar surface area (TPSA) is 37.4 Å². The smallest absolute Gasteiger partial charge is 0.132 e. The summed E-state index contributed by atoms with van der Waals surface area (Å²) < 4.78 is 5.26. The lowest BCUT2D eigenvalue weighted by Crippen LogP contribution is -2.53. The molecule has 1 N–H and O–H groups in total. The molecular weight excluding hydrogens is 274 g/mol. The molecule has 0 amide bonds. The average molecular weight is 295 g/mol. The van der Waals surface area contributed by atoms with Gasteiger partial charge in [-0.1, -0.05) is 12.1 Å². The SMILES string of the molecule is COc1ccc(-c2ccnc3c2CC[C@@H]2CNCCN32)cc1. The summed E-state index contributed by atoms with van der Waals surface area (Å²) in [7, 11) is 1.70. The van der Waals surface area contributed by atoms with E-state index in [0.717, 1.165) is 31.8 Å². The van der Waals surface area contributed by atoms with Crippen molar-refractivity contribution in [1.29, 1.82) is 0 Å². The lowest BCUT2D eigenvalue weighted by atomic mass is 9.91. The number of hydrogen-bond acceptors (Lipinski definition) is 4. The number of rotatable bonds is 2. The van der Waals surface area contributed by atoms with Crippen LogP contribution in [0.25, 0.3) is 11.1 Å². The molecule has 0 radical (unpaired) electrons. The van der Waals surface area contributed by atoms with Crippen molar-refractivity contribution in [3.8, 4) is 16.9 Å². The zero-order valence-corrected chi connectivity index (χ0v) is 12.9. The van der Waals surface area contributed by atoms with E-state index in [0.29, 0.717) is 6.04 Å². The molecular formula is C18H21N3O. The van der Waals surface area contributed by atoms with E-state index >= 15 is 0 Å². The molecule has 0 unspecified atom stereocenters. The van der Waals surface area contributed by atoms with Crippen LogP contribution in [-0.4, -0.2) is 37.8 Å². The molecule has 4 nitrogen and oxygen atoms in total. The van der Waals surface area contributed by atoms with Gasteiger partial charge in [0.15, 0.2) is 0 Å². The summed E-state index contributed by atoms with van der Waals surface area (Å²) in [5.41, 5.74) is 3.95. The lowest BCUT2D eigenvalue weighted by Gasteiger charge is -2.42. The van der Waals surface area contributed by atoms with Crippen LogP contribution in [0.1, 0.15) is 12.0 Å². The molecule has 4 heteroatoms. The molecule has 2 aliphatic rings. The number of benzene rings is 1. The van der Waals surface area contributed by atoms with E-state index in [4.69, 9.17) is 9.72 Å². The van der Waals surface area contributed by atoms with E-state index < -0.39 is 0 Å². The third-order valence-corrected chi connectivity index (χ3v) is 4.78. The van der Waals surface area contributed by atoms with Gasteiger partial charge in [0, 0.05) is 37.4 Å². The predicted molar refractivity (Wildman–Crippen MR) is 88.5 cm³/mol. The molecule has 0 aliphatic carbocycles. The minimum Gasteiger partial charge on any atom is -0.497 e. The quantitative estimate of drug-likeness (QED) is 0.923. The number of anilines is 1. The van der Waals surface area contributed by atoms with Crippen molar-refractivity contribution in [1.82, 2.24) is 10.3 Å². The van der Waals surface area contributed by atoms with Gasteiger partial charge in [0.25, 0.3) is 0 Å². The molecule has 1 fully saturated rings. The number of aromatic nitrogens is 1. The van der Waals surface area contributed by atoms with Gasteiger partial charge in [0.05, 0.1) is 7.11 Å². The van der Waals surface area contributed by atoms with Gasteiger partial charge in [-0.25, -0.2) is 4.98 Å². The predicted octanol–water partition coefficient (Wildman–Crippen LogP) is 2.48. The van der Waals surface area contributed by atoms with Crippen molar-refractivity contribution in [3.05, 3.63) is 42.1 Å². The van der Waals surface area contributed by atoms with Crippen LogP contribution >= 0.6 is 0 Å². The molecule has 1 atom stereocenters. The number of nitrogens with zero attached hydrogens (tertiary/aromatic N) is 2. The fourth-order valence-electron chi connectivity index (χ4n) is 3.63. The molecule has 2 aromatic rings. The Balaban J connectivity index is 1.75. The highest BCUT2D eigenvalue weighted by atomic mass is 16.5. The van der Waals surface area contributed by atoms with Crippen molar-refractivity contribution in [2.24, 2.45) is 0 Å². The van der Waals surface area contributed by atoms with E-state index in [1.807, 2.05) is 18.3 Å². The molecule has 1 aromatic carbocycles. The standard InChI is InChI=1S/C18H21N3O/c1-22-15-5-2-13(3-6-15)16-8-9-20-18-17(16)7-4-14-12-19-10-11-21(14)18/h2-3,5-6,8-9,14,19H,4,7,10-12H2,1H3/t14-/m1/s1. The summed E-state index contributed by atoms with van der Waals surface area (Å²) in [6.45, 7) is 3.18. The first kappa shape index (κ1) is 13.6. The van der Waals surface area contributed by atoms with Crippen LogP contribution in [0, 0.1) is 0 Å². The van der Waals surface area contributed by atoms with Crippen molar-refractivity contribution in [3.63, 3.8) is 0 Å². The number of nitrogens with one attached hydrogen (secondary N) is 1. The molecule has 4 rings (SSSR count). The first-order valence-corrected chi connectivity index (χ1v) is 7.96. The molecule has 22 heavy (non-hydrogen) atoms. The van der Waals surface area contributed by atoms with Gasteiger partial charge >= 0.3 is 0 Å². The molecule has 114 valence electrons. The summed E-state index contributed by atoms with van der Waals surface area (Å²) in [6, 6.07) is 11.1. The summed E-state index contributed by atoms with van der Waals surface area (Å²) in [4.78, 5) is 7.19. The number of piperazine rings is 1. The highest BCUT2D eigenvalue weighted by Crippen LogP contribution is 2.36. The maximum atomic E-state index is 5.26. The number of hydrogen-bond donors (Lipinski definition) is 1. The first-order chi connectivity index (χ1) is 10.9. The molecule has 0 spiro atoms. The largest absolute Gasteiger partial charge is 0.497 e. The van der Waals surface area contributed by atoms with E-state index in [1.165, 1.54) is 28.9 Å². The molecule has 3 heterocycles. The maximum absolute atomic E-state index is 5.26. The van der Waals surface area contributed by atoms with Gasteiger partial charge in [0.1, 0.15) is 11.6 Å². The second-order valence-corrected chi connectivity index (χ2v) is 5.98. The fraction of sp³-hybridized carbons (Fsp3) is 0.389. The molecule has 2 aliphatic heterocycles. The van der Waals surface area contributed by atoms with Crippen molar-refractivity contribution >= 4 is 5.82 Å². The molecule has 1 saturated heterocycles. The van der Waals surface area contributed by atoms with Gasteiger partial charge in [-0.3, -0.25) is 0 Å². The molecule has 1 aromatic heterocycles. The summed E-state index contributed by atoms with van der Waals surface area (Å²) in [5, 5.41) is 3.49. The van der Waals surface area contributed by atoms with Crippen LogP contribution in [0.15, 0.2) is 36.5 Å². The summed E-state index contributed by atoms with van der Waals surface area (Å²) in [6.07, 6.45) is 4.26. The van der Waals surface area contributed by atoms with E-state index in [1.54, 1.807) is 7.11 Å². The fourth-order valence-corrected chi connectivity index (χ4v) is 3.63. The second-order valence-electron chi connectivity index (χ2n) is 5.98. The van der Waals surface area contributed by atoms with Gasteiger partial charge in [0.2, 0.25) is 0 Å². The summed E-state index contributed by atoms with van der Waals surface area (Å²) in [5.74, 6) is 2.08. The van der Waals surface area contributed by atoms with Gasteiger partial charge in [-0.2, -0.15) is 0 Å². The van der Waals surface area contributed by atoms with Gasteiger partial charge in [-0.05, 0) is 42.2 Å². The monoisotopic (exact) mass is 295 g/mol. The minimum atomic E-state index is 0.597. The van der Waals surface area contributed by atoms with Crippen LogP contribution in [-0.2, 0) is 6.42 Å².